The number of hydrogen-bond acceptors (Lipinski definition) is 4. The van der Waals surface area contributed by atoms with Crippen molar-refractivity contribution < 1.29 is 8.42 Å². The molecule has 17 heavy (non-hydrogen) atoms. The Morgan fingerprint density at radius 2 is 2.06 bits per heavy atom. The van der Waals surface area contributed by atoms with Gasteiger partial charge in [-0.2, -0.15) is 0 Å². The van der Waals surface area contributed by atoms with E-state index in [1.807, 2.05) is 0 Å². The molecule has 0 aromatic carbocycles. The molecule has 2 fully saturated rings. The van der Waals surface area contributed by atoms with Gasteiger partial charge in [0.1, 0.15) is 9.84 Å². The lowest BCUT2D eigenvalue weighted by atomic mass is 9.92. The van der Waals surface area contributed by atoms with Gasteiger partial charge in [0.05, 0.1) is 5.25 Å². The summed E-state index contributed by atoms with van der Waals surface area (Å²) in [7, 11) is -2.86. The number of piperazine rings is 1. The second-order valence-electron chi connectivity index (χ2n) is 5.56. The van der Waals surface area contributed by atoms with Crippen molar-refractivity contribution in [1.29, 1.82) is 0 Å². The van der Waals surface area contributed by atoms with Crippen LogP contribution in [0.25, 0.3) is 0 Å². The van der Waals surface area contributed by atoms with Crippen LogP contribution in [-0.2, 0) is 9.84 Å². The van der Waals surface area contributed by atoms with Crippen molar-refractivity contribution in [1.82, 2.24) is 10.2 Å². The average molecular weight is 260 g/mol. The summed E-state index contributed by atoms with van der Waals surface area (Å²) in [6.07, 6.45) is 5.30. The minimum Gasteiger partial charge on any atom is -0.314 e. The monoisotopic (exact) mass is 260 g/mol. The highest BCUT2D eigenvalue weighted by atomic mass is 32.2. The summed E-state index contributed by atoms with van der Waals surface area (Å²) < 4.78 is 23.3. The van der Waals surface area contributed by atoms with Crippen molar-refractivity contribution in [3.05, 3.63) is 0 Å². The SMILES string of the molecule is CC1CNCCN1C1CCCC(S(C)(=O)=O)C1. The van der Waals surface area contributed by atoms with Crippen molar-refractivity contribution in [3.8, 4) is 0 Å². The Balaban J connectivity index is 2.01. The van der Waals surface area contributed by atoms with E-state index in [9.17, 15) is 8.42 Å². The van der Waals surface area contributed by atoms with E-state index in [0.29, 0.717) is 12.1 Å². The predicted octanol–water partition coefficient (Wildman–Crippen LogP) is 0.636. The fraction of sp³-hybridized carbons (Fsp3) is 1.00. The standard InChI is InChI=1S/C12H24N2O2S/c1-10-9-13-6-7-14(10)11-4-3-5-12(8-11)17(2,15)16/h10-13H,3-9H2,1-2H3. The molecule has 1 saturated heterocycles. The largest absolute Gasteiger partial charge is 0.314 e. The van der Waals surface area contributed by atoms with Crippen LogP contribution in [0.1, 0.15) is 32.6 Å². The van der Waals surface area contributed by atoms with Gasteiger partial charge in [0, 0.05) is 38.0 Å². The molecule has 1 heterocycles. The van der Waals surface area contributed by atoms with Crippen molar-refractivity contribution >= 4 is 9.84 Å². The van der Waals surface area contributed by atoms with E-state index in [4.69, 9.17) is 0 Å². The van der Waals surface area contributed by atoms with E-state index in [2.05, 4.69) is 17.1 Å². The van der Waals surface area contributed by atoms with Gasteiger partial charge in [-0.3, -0.25) is 4.90 Å². The zero-order chi connectivity index (χ0) is 12.5. The first-order valence-corrected chi connectivity index (χ1v) is 8.59. The zero-order valence-corrected chi connectivity index (χ0v) is 11.7. The summed E-state index contributed by atoms with van der Waals surface area (Å²) in [4.78, 5) is 2.51. The van der Waals surface area contributed by atoms with Crippen molar-refractivity contribution in [2.75, 3.05) is 25.9 Å². The Labute approximate surface area is 105 Å². The number of sulfone groups is 1. The summed E-state index contributed by atoms with van der Waals surface area (Å²) in [5, 5.41) is 3.28. The summed E-state index contributed by atoms with van der Waals surface area (Å²) in [6.45, 7) is 5.35. The number of rotatable bonds is 2. The number of nitrogens with one attached hydrogen (secondary N) is 1. The lowest BCUT2D eigenvalue weighted by Crippen LogP contribution is -2.55. The van der Waals surface area contributed by atoms with Crippen LogP contribution in [0.5, 0.6) is 0 Å². The maximum absolute atomic E-state index is 11.7. The van der Waals surface area contributed by atoms with Gasteiger partial charge in [0.15, 0.2) is 0 Å². The van der Waals surface area contributed by atoms with Crippen LogP contribution >= 0.6 is 0 Å². The molecule has 0 spiro atoms. The fourth-order valence-electron chi connectivity index (χ4n) is 3.21. The molecule has 3 atom stereocenters. The quantitative estimate of drug-likeness (QED) is 0.791. The molecule has 0 bridgehead atoms. The minimum absolute atomic E-state index is 0.108. The topological polar surface area (TPSA) is 49.4 Å². The molecule has 2 rings (SSSR count). The van der Waals surface area contributed by atoms with Gasteiger partial charge < -0.3 is 5.32 Å². The third kappa shape index (κ3) is 3.20. The maximum atomic E-state index is 11.7. The van der Waals surface area contributed by atoms with Gasteiger partial charge in [-0.1, -0.05) is 6.42 Å². The molecule has 3 unspecified atom stereocenters. The van der Waals surface area contributed by atoms with Gasteiger partial charge in [-0.25, -0.2) is 8.42 Å². The third-order valence-electron chi connectivity index (χ3n) is 4.23. The van der Waals surface area contributed by atoms with Gasteiger partial charge in [0.25, 0.3) is 0 Å². The summed E-state index contributed by atoms with van der Waals surface area (Å²) in [5.74, 6) is 0. The molecule has 4 nitrogen and oxygen atoms in total. The first-order valence-electron chi connectivity index (χ1n) is 6.64. The highest BCUT2D eigenvalue weighted by molar-refractivity contribution is 7.91. The molecular weight excluding hydrogens is 236 g/mol. The van der Waals surface area contributed by atoms with E-state index in [-0.39, 0.29) is 5.25 Å². The lowest BCUT2D eigenvalue weighted by molar-refractivity contribution is 0.0922. The zero-order valence-electron chi connectivity index (χ0n) is 10.9. The Kier molecular flexibility index (Phi) is 4.10. The van der Waals surface area contributed by atoms with Crippen LogP contribution in [0.15, 0.2) is 0 Å². The summed E-state index contributed by atoms with van der Waals surface area (Å²) >= 11 is 0. The van der Waals surface area contributed by atoms with E-state index in [1.165, 1.54) is 6.26 Å². The first-order chi connectivity index (χ1) is 7.98. The van der Waals surface area contributed by atoms with Crippen LogP contribution in [0.2, 0.25) is 0 Å². The minimum atomic E-state index is -2.86. The second-order valence-corrected chi connectivity index (χ2v) is 7.89. The molecule has 2 aliphatic rings. The molecule has 1 N–H and O–H groups in total. The molecular formula is C12H24N2O2S. The van der Waals surface area contributed by atoms with E-state index in [1.54, 1.807) is 0 Å². The van der Waals surface area contributed by atoms with Crippen LogP contribution in [0, 0.1) is 0 Å². The van der Waals surface area contributed by atoms with Crippen molar-refractivity contribution in [3.63, 3.8) is 0 Å². The van der Waals surface area contributed by atoms with E-state index in [0.717, 1.165) is 45.3 Å². The highest BCUT2D eigenvalue weighted by Crippen LogP contribution is 2.28. The average Bonchev–Trinajstić information content (AvgIpc) is 2.29. The van der Waals surface area contributed by atoms with Crippen LogP contribution in [-0.4, -0.2) is 56.5 Å². The molecule has 1 saturated carbocycles. The Morgan fingerprint density at radius 1 is 1.29 bits per heavy atom. The van der Waals surface area contributed by atoms with Gasteiger partial charge in [-0.15, -0.1) is 0 Å². The lowest BCUT2D eigenvalue weighted by Gasteiger charge is -2.43. The molecule has 1 aliphatic carbocycles. The normalized spacial score (nSPS) is 36.9. The summed E-state index contributed by atoms with van der Waals surface area (Å²) in [5.41, 5.74) is 0. The smallest absolute Gasteiger partial charge is 0.150 e. The van der Waals surface area contributed by atoms with Crippen molar-refractivity contribution in [2.45, 2.75) is 49.9 Å². The first kappa shape index (κ1) is 13.3. The number of hydrogen-bond donors (Lipinski definition) is 1. The number of nitrogens with zero attached hydrogens (tertiary/aromatic N) is 1. The Bertz CT molecular complexity index is 356. The molecule has 100 valence electrons. The molecule has 0 amide bonds. The molecule has 0 aromatic heterocycles. The fourth-order valence-corrected chi connectivity index (χ4v) is 4.38. The van der Waals surface area contributed by atoms with Gasteiger partial charge in [0.2, 0.25) is 0 Å². The molecule has 0 aromatic rings. The second kappa shape index (κ2) is 5.24. The van der Waals surface area contributed by atoms with E-state index < -0.39 is 9.84 Å². The Morgan fingerprint density at radius 3 is 2.71 bits per heavy atom. The van der Waals surface area contributed by atoms with E-state index >= 15 is 0 Å². The highest BCUT2D eigenvalue weighted by Gasteiger charge is 2.34. The van der Waals surface area contributed by atoms with Crippen LogP contribution < -0.4 is 5.32 Å². The van der Waals surface area contributed by atoms with Gasteiger partial charge >= 0.3 is 0 Å². The molecule has 5 heteroatoms. The molecule has 0 radical (unpaired) electrons. The maximum Gasteiger partial charge on any atom is 0.150 e. The predicted molar refractivity (Wildman–Crippen MR) is 69.9 cm³/mol. The van der Waals surface area contributed by atoms with Gasteiger partial charge in [-0.05, 0) is 26.2 Å². The van der Waals surface area contributed by atoms with Crippen molar-refractivity contribution in [2.24, 2.45) is 0 Å². The molecule has 1 aliphatic heterocycles. The third-order valence-corrected chi connectivity index (χ3v) is 5.86. The Hall–Kier alpha value is -0.130. The van der Waals surface area contributed by atoms with Crippen LogP contribution in [0.3, 0.4) is 0 Å². The van der Waals surface area contributed by atoms with Crippen LogP contribution in [0.4, 0.5) is 0 Å². The summed E-state index contributed by atoms with van der Waals surface area (Å²) in [6, 6.07) is 1.01.